The van der Waals surface area contributed by atoms with E-state index in [1.807, 2.05) is 0 Å². The van der Waals surface area contributed by atoms with Gasteiger partial charge in [0.25, 0.3) is 0 Å². The molecule has 1 heterocycles. The summed E-state index contributed by atoms with van der Waals surface area (Å²) in [6.07, 6.45) is 0. The summed E-state index contributed by atoms with van der Waals surface area (Å²) >= 11 is 0. The lowest BCUT2D eigenvalue weighted by atomic mass is 9.81. The maximum atomic E-state index is 13.0. The van der Waals surface area contributed by atoms with E-state index in [1.165, 1.54) is 21.3 Å². The van der Waals surface area contributed by atoms with Crippen LogP contribution in [0.5, 0.6) is 11.5 Å². The van der Waals surface area contributed by atoms with Gasteiger partial charge in [-0.3, -0.25) is 9.59 Å². The van der Waals surface area contributed by atoms with Crippen LogP contribution in [0.25, 0.3) is 11.0 Å². The van der Waals surface area contributed by atoms with Crippen molar-refractivity contribution >= 4 is 23.0 Å². The van der Waals surface area contributed by atoms with Crippen molar-refractivity contribution in [2.45, 2.75) is 18.8 Å². The van der Waals surface area contributed by atoms with Crippen LogP contribution in [-0.2, 0) is 19.1 Å². The second-order valence-electron chi connectivity index (χ2n) is 6.36. The number of hydrogen-bond donors (Lipinski definition) is 0. The maximum absolute atomic E-state index is 13.0. The topological polar surface area (TPSA) is 110 Å². The van der Waals surface area contributed by atoms with E-state index in [-0.39, 0.29) is 6.61 Å². The molecule has 0 N–H and O–H groups in total. The van der Waals surface area contributed by atoms with Gasteiger partial charge in [-0.1, -0.05) is 12.1 Å². The molecule has 2 aromatic carbocycles. The predicted molar refractivity (Wildman–Crippen MR) is 105 cm³/mol. The molecule has 9 heteroatoms. The quantitative estimate of drug-likeness (QED) is 0.514. The fourth-order valence-electron chi connectivity index (χ4n) is 3.33. The molecular formula is C21H22N2O7. The number of hydrogen-bond acceptors (Lipinski definition) is 9. The summed E-state index contributed by atoms with van der Waals surface area (Å²) in [6, 6.07) is 9.98. The molecule has 0 saturated heterocycles. The highest BCUT2D eigenvalue weighted by molar-refractivity contribution is 5.91. The first-order valence-electron chi connectivity index (χ1n) is 9.22. The van der Waals surface area contributed by atoms with E-state index in [1.54, 1.807) is 43.3 Å². The minimum atomic E-state index is -0.994. The Kier molecular flexibility index (Phi) is 6.51. The molecule has 0 bridgehead atoms. The summed E-state index contributed by atoms with van der Waals surface area (Å²) in [4.78, 5) is 25.8. The van der Waals surface area contributed by atoms with Crippen molar-refractivity contribution < 1.29 is 33.2 Å². The molecule has 9 nitrogen and oxygen atoms in total. The molecule has 0 aliphatic carbocycles. The van der Waals surface area contributed by atoms with Gasteiger partial charge in [0.15, 0.2) is 11.5 Å². The maximum Gasteiger partial charge on any atom is 0.314 e. The number of methoxy groups -OCH3 is 3. The third-order valence-corrected chi connectivity index (χ3v) is 4.73. The number of carbonyl (C=O) groups excluding carboxylic acids is 2. The van der Waals surface area contributed by atoms with Crippen LogP contribution in [-0.4, -0.2) is 50.2 Å². The van der Waals surface area contributed by atoms with E-state index >= 15 is 0 Å². The van der Waals surface area contributed by atoms with Crippen molar-refractivity contribution in [1.29, 1.82) is 0 Å². The lowest BCUT2D eigenvalue weighted by Gasteiger charge is -2.25. The fourth-order valence-corrected chi connectivity index (χ4v) is 3.33. The zero-order chi connectivity index (χ0) is 21.7. The van der Waals surface area contributed by atoms with E-state index in [9.17, 15) is 9.59 Å². The van der Waals surface area contributed by atoms with Crippen LogP contribution in [0, 0.1) is 0 Å². The third kappa shape index (κ3) is 4.05. The number of ether oxygens (including phenoxy) is 4. The first-order chi connectivity index (χ1) is 14.5. The summed E-state index contributed by atoms with van der Waals surface area (Å²) in [5, 5.41) is 7.60. The van der Waals surface area contributed by atoms with Gasteiger partial charge < -0.3 is 18.9 Å². The Balaban J connectivity index is 2.17. The highest BCUT2D eigenvalue weighted by Crippen LogP contribution is 2.39. The average Bonchev–Trinajstić information content (AvgIpc) is 3.24. The van der Waals surface area contributed by atoms with Gasteiger partial charge in [0.05, 0.1) is 39.8 Å². The Hall–Kier alpha value is -3.62. The van der Waals surface area contributed by atoms with E-state index in [2.05, 4.69) is 10.3 Å². The molecule has 0 aliphatic rings. The molecule has 1 aromatic heterocycles. The molecule has 3 rings (SSSR count). The van der Waals surface area contributed by atoms with Gasteiger partial charge >= 0.3 is 11.9 Å². The smallest absolute Gasteiger partial charge is 0.314 e. The SMILES string of the molecule is CCOC(=O)C(c1ccc2nonc2c1)C(C(=O)OC)c1ccc(OC)c(OC)c1. The first-order valence-corrected chi connectivity index (χ1v) is 9.22. The van der Waals surface area contributed by atoms with Crippen molar-refractivity contribution in [3.05, 3.63) is 47.5 Å². The number of nitrogens with zero attached hydrogens (tertiary/aromatic N) is 2. The predicted octanol–water partition coefficient (Wildman–Crippen LogP) is 2.84. The Bertz CT molecular complexity index is 1050. The molecule has 30 heavy (non-hydrogen) atoms. The Morgan fingerprint density at radius 1 is 0.867 bits per heavy atom. The lowest BCUT2D eigenvalue weighted by Crippen LogP contribution is -2.29. The molecule has 0 amide bonds. The van der Waals surface area contributed by atoms with Gasteiger partial charge in [-0.15, -0.1) is 0 Å². The summed E-state index contributed by atoms with van der Waals surface area (Å²) in [6.45, 7) is 1.85. The Morgan fingerprint density at radius 2 is 1.50 bits per heavy atom. The first kappa shape index (κ1) is 21.1. The molecular weight excluding hydrogens is 392 g/mol. The van der Waals surface area contributed by atoms with E-state index in [0.717, 1.165) is 0 Å². The van der Waals surface area contributed by atoms with Crippen molar-refractivity contribution in [3.8, 4) is 11.5 Å². The van der Waals surface area contributed by atoms with Crippen LogP contribution in [0.3, 0.4) is 0 Å². The number of aromatic nitrogens is 2. The average molecular weight is 414 g/mol. The van der Waals surface area contributed by atoms with Gasteiger partial charge in [-0.25, -0.2) is 4.63 Å². The number of rotatable bonds is 8. The largest absolute Gasteiger partial charge is 0.493 e. The fraction of sp³-hybridized carbons (Fsp3) is 0.333. The Labute approximate surface area is 172 Å². The van der Waals surface area contributed by atoms with Gasteiger partial charge in [-0.05, 0) is 52.6 Å². The standard InChI is InChI=1S/C21H22N2O7/c1-5-29-21(25)19(12-6-8-14-15(10-12)23-30-22-14)18(20(24)28-4)13-7-9-16(26-2)17(11-13)27-3/h6-11,18-19H,5H2,1-4H3. The Morgan fingerprint density at radius 3 is 2.17 bits per heavy atom. The van der Waals surface area contributed by atoms with Crippen molar-refractivity contribution in [2.24, 2.45) is 0 Å². The van der Waals surface area contributed by atoms with E-state index < -0.39 is 23.8 Å². The van der Waals surface area contributed by atoms with Crippen LogP contribution >= 0.6 is 0 Å². The van der Waals surface area contributed by atoms with Crippen LogP contribution in [0.15, 0.2) is 41.0 Å². The minimum Gasteiger partial charge on any atom is -0.493 e. The summed E-state index contributed by atoms with van der Waals surface area (Å²) < 4.78 is 25.7. The van der Waals surface area contributed by atoms with Gasteiger partial charge in [0.2, 0.25) is 0 Å². The molecule has 3 aromatic rings. The second-order valence-corrected chi connectivity index (χ2v) is 6.36. The molecule has 0 radical (unpaired) electrons. The summed E-state index contributed by atoms with van der Waals surface area (Å²) in [5.74, 6) is -2.24. The van der Waals surface area contributed by atoms with Gasteiger partial charge in [-0.2, -0.15) is 0 Å². The zero-order valence-electron chi connectivity index (χ0n) is 17.1. The zero-order valence-corrected chi connectivity index (χ0v) is 17.1. The highest BCUT2D eigenvalue weighted by Gasteiger charge is 2.39. The molecule has 158 valence electrons. The van der Waals surface area contributed by atoms with Crippen LogP contribution in [0.2, 0.25) is 0 Å². The van der Waals surface area contributed by atoms with Crippen LogP contribution in [0.4, 0.5) is 0 Å². The number of carbonyl (C=O) groups is 2. The van der Waals surface area contributed by atoms with E-state index in [4.69, 9.17) is 23.6 Å². The van der Waals surface area contributed by atoms with Crippen molar-refractivity contribution in [1.82, 2.24) is 10.3 Å². The van der Waals surface area contributed by atoms with Crippen molar-refractivity contribution in [3.63, 3.8) is 0 Å². The van der Waals surface area contributed by atoms with E-state index in [0.29, 0.717) is 33.7 Å². The number of esters is 2. The second kappa shape index (κ2) is 9.25. The normalized spacial score (nSPS) is 12.8. The molecule has 0 saturated carbocycles. The molecule has 2 unspecified atom stereocenters. The summed E-state index contributed by atoms with van der Waals surface area (Å²) in [5.41, 5.74) is 2.01. The number of fused-ring (bicyclic) bond motifs is 1. The lowest BCUT2D eigenvalue weighted by molar-refractivity contribution is -0.152. The van der Waals surface area contributed by atoms with Crippen LogP contribution < -0.4 is 9.47 Å². The van der Waals surface area contributed by atoms with Crippen LogP contribution in [0.1, 0.15) is 29.9 Å². The summed E-state index contributed by atoms with van der Waals surface area (Å²) in [7, 11) is 4.27. The number of benzene rings is 2. The van der Waals surface area contributed by atoms with Gasteiger partial charge in [0, 0.05) is 0 Å². The van der Waals surface area contributed by atoms with Crippen molar-refractivity contribution in [2.75, 3.05) is 27.9 Å². The minimum absolute atomic E-state index is 0.156. The van der Waals surface area contributed by atoms with Gasteiger partial charge in [0.1, 0.15) is 11.0 Å². The highest BCUT2D eigenvalue weighted by atomic mass is 16.6. The molecule has 0 spiro atoms. The molecule has 0 aliphatic heterocycles. The molecule has 0 fully saturated rings. The monoisotopic (exact) mass is 414 g/mol. The molecule has 2 atom stereocenters. The third-order valence-electron chi connectivity index (χ3n) is 4.73.